The summed E-state index contributed by atoms with van der Waals surface area (Å²) in [7, 11) is 0. The molecule has 0 aromatic heterocycles. The van der Waals surface area contributed by atoms with Crippen molar-refractivity contribution in [3.05, 3.63) is 165 Å². The van der Waals surface area contributed by atoms with E-state index in [4.69, 9.17) is 23.2 Å². The molecule has 0 saturated carbocycles. The van der Waals surface area contributed by atoms with Gasteiger partial charge in [-0.25, -0.2) is 11.6 Å². The van der Waals surface area contributed by atoms with Gasteiger partial charge in [0.25, 0.3) is 0 Å². The van der Waals surface area contributed by atoms with E-state index in [1.165, 1.54) is 60.8 Å². The smallest absolute Gasteiger partial charge is 1.00 e. The molecule has 0 N–H and O–H groups in total. The summed E-state index contributed by atoms with van der Waals surface area (Å²) < 4.78 is 1.26. The summed E-state index contributed by atoms with van der Waals surface area (Å²) in [5.74, 6) is 0.556. The molecule has 42 heavy (non-hydrogen) atoms. The van der Waals surface area contributed by atoms with Crippen molar-refractivity contribution >= 4 is 38.6 Å². The Balaban J connectivity index is 0.000000231. The third-order valence-corrected chi connectivity index (χ3v) is 8.51. The Kier molecular flexibility index (Phi) is 14.7. The van der Waals surface area contributed by atoms with Crippen molar-refractivity contribution in [1.82, 2.24) is 0 Å². The molecule has 1 unspecified atom stereocenters. The molecular weight excluding hydrogens is 677 g/mol. The Hall–Kier alpha value is -2.25. The molecule has 0 nitrogen and oxygen atoms in total. The standard InChI is InChI=1S/C17H13.C13H8Cl2.C7H9.2ClH.Zr/c1-3-12-5-7-14-11-15-8-6-13(4-2)10-17(15)16(14)9-12;14-12-5-1-3-10(8-12)7-11-4-2-6-13(15)9-11;1-6-3-4-7(2)5-6;;;/h3-7,9-10H,1-2,11H2;1-6,8-9H;3,5,7H,1-2H3;2*1H;/q-1;;-1;;;+2/p-2. The normalized spacial score (nSPS) is 13.4. The predicted octanol–water partition coefficient (Wildman–Crippen LogP) is 4.40. The predicted molar refractivity (Wildman–Crippen MR) is 171 cm³/mol. The Labute approximate surface area is 288 Å². The zero-order valence-electron chi connectivity index (χ0n) is 23.5. The van der Waals surface area contributed by atoms with Crippen LogP contribution < -0.4 is 24.8 Å². The van der Waals surface area contributed by atoms with E-state index in [9.17, 15) is 0 Å². The van der Waals surface area contributed by atoms with Gasteiger partial charge in [-0.05, 0) is 12.0 Å². The molecule has 0 amide bonds. The second kappa shape index (κ2) is 17.1. The van der Waals surface area contributed by atoms with Crippen LogP contribution in [0.1, 0.15) is 47.2 Å². The van der Waals surface area contributed by atoms with Gasteiger partial charge in [0.15, 0.2) is 0 Å². The Morgan fingerprint density at radius 2 is 1.45 bits per heavy atom. The second-order valence-electron chi connectivity index (χ2n) is 9.73. The van der Waals surface area contributed by atoms with E-state index in [1.54, 1.807) is 0 Å². The summed E-state index contributed by atoms with van der Waals surface area (Å²) in [6.07, 6.45) is 12.1. The average Bonchev–Trinajstić information content (AvgIpc) is 3.53. The molecule has 1 atom stereocenters. The summed E-state index contributed by atoms with van der Waals surface area (Å²) in [5, 5.41) is 1.53. The van der Waals surface area contributed by atoms with Crippen molar-refractivity contribution in [2.75, 3.05) is 0 Å². The number of hydrogen-bond acceptors (Lipinski definition) is 0. The van der Waals surface area contributed by atoms with E-state index in [1.807, 2.05) is 60.7 Å². The second-order valence-corrected chi connectivity index (χ2v) is 11.8. The molecule has 0 spiro atoms. The molecule has 0 radical (unpaired) electrons. The number of benzene rings is 4. The van der Waals surface area contributed by atoms with Crippen molar-refractivity contribution in [2.45, 2.75) is 20.3 Å². The van der Waals surface area contributed by atoms with Crippen molar-refractivity contribution in [3.8, 4) is 11.1 Å². The van der Waals surface area contributed by atoms with Gasteiger partial charge in [-0.15, -0.1) is 30.7 Å². The van der Waals surface area contributed by atoms with Crippen LogP contribution in [0, 0.1) is 18.1 Å². The van der Waals surface area contributed by atoms with E-state index < -0.39 is 0 Å². The number of hydrogen-bond donors (Lipinski definition) is 0. The molecule has 4 aromatic carbocycles. The minimum Gasteiger partial charge on any atom is -1.00 e. The van der Waals surface area contributed by atoms with Crippen LogP contribution in [0.4, 0.5) is 0 Å². The molecule has 4 aromatic rings. The SMILES string of the molecule is C=Cc1c[c-]c2c(c1)-c1cc(C=C)ccc1C2.CC1=CC(C)[C-]=C1.Clc1cccc([C](=[Zr+2])c2cccc(Cl)c2)c1.[Cl-].[Cl-]. The van der Waals surface area contributed by atoms with E-state index >= 15 is 0 Å². The van der Waals surface area contributed by atoms with E-state index in [0.29, 0.717) is 5.92 Å². The van der Waals surface area contributed by atoms with Gasteiger partial charge in [0.1, 0.15) is 0 Å². The maximum atomic E-state index is 5.98. The molecular formula is C37H30Cl4Zr-2. The number of fused-ring (bicyclic) bond motifs is 3. The average molecular weight is 708 g/mol. The van der Waals surface area contributed by atoms with Gasteiger partial charge in [-0.1, -0.05) is 54.8 Å². The third-order valence-electron chi connectivity index (χ3n) is 6.63. The summed E-state index contributed by atoms with van der Waals surface area (Å²) in [4.78, 5) is 0. The van der Waals surface area contributed by atoms with Gasteiger partial charge >= 0.3 is 120 Å². The molecule has 212 valence electrons. The van der Waals surface area contributed by atoms with Crippen LogP contribution in [-0.4, -0.2) is 3.21 Å². The van der Waals surface area contributed by atoms with E-state index in [2.05, 4.69) is 81.6 Å². The van der Waals surface area contributed by atoms with Crippen LogP contribution in [0.15, 0.2) is 110 Å². The van der Waals surface area contributed by atoms with Gasteiger partial charge < -0.3 is 24.8 Å². The number of halogens is 4. The van der Waals surface area contributed by atoms with Crippen molar-refractivity contribution < 1.29 is 49.0 Å². The number of allylic oxidation sites excluding steroid dienone is 4. The van der Waals surface area contributed by atoms with E-state index in [-0.39, 0.29) is 24.8 Å². The Morgan fingerprint density at radius 1 is 0.857 bits per heavy atom. The number of rotatable bonds is 4. The summed E-state index contributed by atoms with van der Waals surface area (Å²) in [6.45, 7) is 11.9. The first-order valence-corrected chi connectivity index (χ1v) is 15.1. The van der Waals surface area contributed by atoms with Crippen LogP contribution in [0.5, 0.6) is 0 Å². The maximum Gasteiger partial charge on any atom is -1.00 e. The molecule has 6 rings (SSSR count). The van der Waals surface area contributed by atoms with Crippen LogP contribution in [0.3, 0.4) is 0 Å². The topological polar surface area (TPSA) is 0 Å². The van der Waals surface area contributed by atoms with Gasteiger partial charge in [-0.2, -0.15) is 29.8 Å². The summed E-state index contributed by atoms with van der Waals surface area (Å²) in [6, 6.07) is 29.8. The van der Waals surface area contributed by atoms with Gasteiger partial charge in [0.05, 0.1) is 0 Å². The van der Waals surface area contributed by atoms with Gasteiger partial charge in [0, 0.05) is 0 Å². The Bertz CT molecular complexity index is 1530. The molecule has 2 aliphatic carbocycles. The first-order chi connectivity index (χ1) is 19.3. The first kappa shape index (κ1) is 35.9. The maximum absolute atomic E-state index is 5.98. The van der Waals surface area contributed by atoms with E-state index in [0.717, 1.165) is 33.2 Å². The minimum atomic E-state index is 0. The zero-order valence-corrected chi connectivity index (χ0v) is 29.0. The first-order valence-electron chi connectivity index (χ1n) is 13.1. The third kappa shape index (κ3) is 9.63. The fourth-order valence-corrected chi connectivity index (χ4v) is 5.72. The minimum absolute atomic E-state index is 0. The molecule has 0 saturated heterocycles. The fraction of sp³-hybridized carbons (Fsp3) is 0.108. The van der Waals surface area contributed by atoms with Crippen molar-refractivity contribution in [1.29, 1.82) is 0 Å². The molecule has 0 fully saturated rings. The van der Waals surface area contributed by atoms with Gasteiger partial charge in [0.2, 0.25) is 0 Å². The van der Waals surface area contributed by atoms with Crippen LogP contribution >= 0.6 is 23.2 Å². The summed E-state index contributed by atoms with van der Waals surface area (Å²) >= 11 is 13.3. The van der Waals surface area contributed by atoms with Gasteiger partial charge in [-0.3, -0.25) is 6.08 Å². The molecule has 5 heteroatoms. The summed E-state index contributed by atoms with van der Waals surface area (Å²) in [5.41, 5.74) is 11.2. The van der Waals surface area contributed by atoms with Crippen molar-refractivity contribution in [3.63, 3.8) is 0 Å². The molecule has 0 heterocycles. The zero-order chi connectivity index (χ0) is 28.6. The monoisotopic (exact) mass is 704 g/mol. The molecule has 0 bridgehead atoms. The quantitative estimate of drug-likeness (QED) is 0.243. The Morgan fingerprint density at radius 3 is 1.93 bits per heavy atom. The molecule has 0 aliphatic heterocycles. The van der Waals surface area contributed by atoms with Crippen LogP contribution in [0.2, 0.25) is 10.0 Å². The van der Waals surface area contributed by atoms with Crippen LogP contribution in [-0.2, 0) is 30.7 Å². The van der Waals surface area contributed by atoms with Crippen LogP contribution in [0.25, 0.3) is 23.3 Å². The van der Waals surface area contributed by atoms with Crippen molar-refractivity contribution in [2.24, 2.45) is 5.92 Å². The molecule has 2 aliphatic rings. The largest absolute Gasteiger partial charge is 1.00 e. The fourth-order valence-electron chi connectivity index (χ4n) is 4.57.